The minimum atomic E-state index is -3.39. The van der Waals surface area contributed by atoms with Crippen LogP contribution in [0.15, 0.2) is 17.2 Å². The average Bonchev–Trinajstić information content (AvgIpc) is 2.81. The van der Waals surface area contributed by atoms with E-state index >= 15 is 0 Å². The number of nitrogens with one attached hydrogen (secondary N) is 1. The van der Waals surface area contributed by atoms with E-state index in [0.29, 0.717) is 11.5 Å². The van der Waals surface area contributed by atoms with Gasteiger partial charge in [-0.3, -0.25) is 4.68 Å². The largest absolute Gasteiger partial charge is 0.382 e. The van der Waals surface area contributed by atoms with E-state index in [9.17, 15) is 8.42 Å². The second kappa shape index (κ2) is 4.58. The van der Waals surface area contributed by atoms with E-state index in [2.05, 4.69) is 14.8 Å². The Morgan fingerprint density at radius 1 is 1.56 bits per heavy atom. The van der Waals surface area contributed by atoms with Gasteiger partial charge in [0.05, 0.1) is 12.2 Å². The smallest absolute Gasteiger partial charge is 0.182 e. The molecule has 18 heavy (non-hydrogen) atoms. The summed E-state index contributed by atoms with van der Waals surface area (Å²) in [6.45, 7) is 0.422. The van der Waals surface area contributed by atoms with Crippen molar-refractivity contribution in [1.29, 1.82) is 0 Å². The van der Waals surface area contributed by atoms with E-state index in [4.69, 9.17) is 5.73 Å². The van der Waals surface area contributed by atoms with Gasteiger partial charge in [-0.05, 0) is 17.6 Å². The number of aryl methyl sites for hydroxylation is 1. The molecule has 7 nitrogen and oxygen atoms in total. The van der Waals surface area contributed by atoms with Crippen LogP contribution >= 0.6 is 11.5 Å². The Morgan fingerprint density at radius 2 is 2.28 bits per heavy atom. The summed E-state index contributed by atoms with van der Waals surface area (Å²) >= 11 is 1.03. The molecule has 0 bridgehead atoms. The van der Waals surface area contributed by atoms with Crippen molar-refractivity contribution in [2.75, 3.05) is 17.3 Å². The molecule has 0 aliphatic rings. The summed E-state index contributed by atoms with van der Waals surface area (Å²) in [7, 11) is -1.57. The highest BCUT2D eigenvalue weighted by molar-refractivity contribution is 7.91. The first-order valence-electron chi connectivity index (χ1n) is 5.05. The van der Waals surface area contributed by atoms with Crippen LogP contribution in [0.1, 0.15) is 5.69 Å². The maximum atomic E-state index is 11.6. The molecule has 0 unspecified atom stereocenters. The van der Waals surface area contributed by atoms with E-state index in [1.54, 1.807) is 4.68 Å². The fourth-order valence-corrected chi connectivity index (χ4v) is 3.56. The summed E-state index contributed by atoms with van der Waals surface area (Å²) in [5, 5.41) is 7.62. The molecule has 0 aliphatic heterocycles. The normalized spacial score (nSPS) is 11.7. The lowest BCUT2D eigenvalue weighted by Gasteiger charge is -2.03. The summed E-state index contributed by atoms with van der Waals surface area (Å²) in [6, 6.07) is 1.84. The molecule has 0 amide bonds. The van der Waals surface area contributed by atoms with Crippen LogP contribution in [0.3, 0.4) is 0 Å². The predicted octanol–water partition coefficient (Wildman–Crippen LogP) is 0.474. The number of aromatic nitrogens is 3. The molecule has 2 aromatic heterocycles. The van der Waals surface area contributed by atoms with Gasteiger partial charge in [0.15, 0.2) is 15.7 Å². The van der Waals surface area contributed by atoms with Crippen molar-refractivity contribution >= 4 is 32.2 Å². The van der Waals surface area contributed by atoms with Crippen molar-refractivity contribution in [1.82, 2.24) is 14.2 Å². The number of anilines is 2. The van der Waals surface area contributed by atoms with Gasteiger partial charge in [0.25, 0.3) is 0 Å². The molecular formula is C9H13N5O2S2. The summed E-state index contributed by atoms with van der Waals surface area (Å²) in [5.41, 5.74) is 6.37. The van der Waals surface area contributed by atoms with Crippen LogP contribution in [-0.4, -0.2) is 28.8 Å². The van der Waals surface area contributed by atoms with Gasteiger partial charge in [-0.15, -0.1) is 0 Å². The van der Waals surface area contributed by atoms with Crippen LogP contribution in [-0.2, 0) is 23.4 Å². The minimum Gasteiger partial charge on any atom is -0.382 e. The molecule has 0 fully saturated rings. The van der Waals surface area contributed by atoms with Gasteiger partial charge in [0, 0.05) is 19.5 Å². The first-order chi connectivity index (χ1) is 8.38. The summed E-state index contributed by atoms with van der Waals surface area (Å²) < 4.78 is 28.7. The second-order valence-electron chi connectivity index (χ2n) is 3.83. The van der Waals surface area contributed by atoms with E-state index < -0.39 is 9.84 Å². The highest BCUT2D eigenvalue weighted by Gasteiger charge is 2.21. The third kappa shape index (κ3) is 2.62. The van der Waals surface area contributed by atoms with Crippen LogP contribution in [0.5, 0.6) is 0 Å². The zero-order valence-corrected chi connectivity index (χ0v) is 11.5. The summed E-state index contributed by atoms with van der Waals surface area (Å²) in [6.07, 6.45) is 2.93. The lowest BCUT2D eigenvalue weighted by molar-refractivity contribution is 0.602. The zero-order valence-electron chi connectivity index (χ0n) is 9.91. The number of rotatable bonds is 4. The summed E-state index contributed by atoms with van der Waals surface area (Å²) in [4.78, 5) is 0.0587. The Balaban J connectivity index is 2.20. The Morgan fingerprint density at radius 3 is 2.83 bits per heavy atom. The minimum absolute atomic E-state index is 0.0334. The molecule has 0 aromatic carbocycles. The van der Waals surface area contributed by atoms with Crippen LogP contribution < -0.4 is 11.1 Å². The van der Waals surface area contributed by atoms with Gasteiger partial charge in [-0.1, -0.05) is 0 Å². The summed E-state index contributed by atoms with van der Waals surface area (Å²) in [5.74, 6) is 0.0334. The van der Waals surface area contributed by atoms with Crippen molar-refractivity contribution in [2.24, 2.45) is 7.05 Å². The highest BCUT2D eigenvalue weighted by Crippen LogP contribution is 2.31. The van der Waals surface area contributed by atoms with E-state index in [-0.39, 0.29) is 10.7 Å². The average molecular weight is 287 g/mol. The maximum absolute atomic E-state index is 11.6. The maximum Gasteiger partial charge on any atom is 0.182 e. The van der Waals surface area contributed by atoms with Gasteiger partial charge in [-0.25, -0.2) is 8.42 Å². The fourth-order valence-electron chi connectivity index (χ4n) is 1.49. The quantitative estimate of drug-likeness (QED) is 0.847. The molecule has 0 saturated heterocycles. The Bertz CT molecular complexity index is 658. The van der Waals surface area contributed by atoms with Gasteiger partial charge in [0.1, 0.15) is 9.90 Å². The van der Waals surface area contributed by atoms with Crippen LogP contribution in [0, 0.1) is 0 Å². The number of hydrogen-bond donors (Lipinski definition) is 2. The topological polar surface area (TPSA) is 103 Å². The molecule has 0 aliphatic carbocycles. The van der Waals surface area contributed by atoms with Gasteiger partial charge in [0.2, 0.25) is 0 Å². The molecule has 2 aromatic rings. The molecule has 0 radical (unpaired) electrons. The molecule has 2 heterocycles. The van der Waals surface area contributed by atoms with Crippen molar-refractivity contribution in [3.05, 3.63) is 18.0 Å². The molecule has 0 spiro atoms. The van der Waals surface area contributed by atoms with Crippen molar-refractivity contribution in [3.63, 3.8) is 0 Å². The number of nitrogens with zero attached hydrogens (tertiary/aromatic N) is 3. The Labute approximate surface area is 109 Å². The number of sulfone groups is 1. The van der Waals surface area contributed by atoms with E-state index in [1.165, 1.54) is 0 Å². The van der Waals surface area contributed by atoms with E-state index in [1.807, 2.05) is 19.3 Å². The SMILES string of the molecule is Cn1ccc(CNc2snc(N)c2S(C)(=O)=O)n1. The Kier molecular flexibility index (Phi) is 3.26. The second-order valence-corrected chi connectivity index (χ2v) is 6.56. The highest BCUT2D eigenvalue weighted by atomic mass is 32.2. The monoisotopic (exact) mass is 287 g/mol. The molecule has 2 rings (SSSR count). The van der Waals surface area contributed by atoms with Crippen LogP contribution in [0.2, 0.25) is 0 Å². The fraction of sp³-hybridized carbons (Fsp3) is 0.333. The molecule has 3 N–H and O–H groups in total. The van der Waals surface area contributed by atoms with Crippen molar-refractivity contribution < 1.29 is 8.42 Å². The first kappa shape index (κ1) is 12.8. The molecular weight excluding hydrogens is 274 g/mol. The molecule has 0 atom stereocenters. The van der Waals surface area contributed by atoms with Crippen molar-refractivity contribution in [2.45, 2.75) is 11.4 Å². The molecule has 0 saturated carbocycles. The predicted molar refractivity (Wildman–Crippen MR) is 70.2 cm³/mol. The van der Waals surface area contributed by atoms with Crippen molar-refractivity contribution in [3.8, 4) is 0 Å². The lowest BCUT2D eigenvalue weighted by Crippen LogP contribution is -2.06. The first-order valence-corrected chi connectivity index (χ1v) is 7.72. The van der Waals surface area contributed by atoms with Crippen LogP contribution in [0.25, 0.3) is 0 Å². The number of hydrogen-bond acceptors (Lipinski definition) is 7. The number of nitrogens with two attached hydrogens (primary N) is 1. The lowest BCUT2D eigenvalue weighted by atomic mass is 10.4. The molecule has 9 heteroatoms. The molecule has 98 valence electrons. The third-order valence-corrected chi connectivity index (χ3v) is 4.35. The van der Waals surface area contributed by atoms with Gasteiger partial charge >= 0.3 is 0 Å². The van der Waals surface area contributed by atoms with Gasteiger partial charge in [-0.2, -0.15) is 9.47 Å². The standard InChI is InChI=1S/C9H13N5O2S2/c1-14-4-3-6(12-14)5-11-9-7(18(2,15)16)8(10)13-17-9/h3-4,11H,5H2,1-2H3,(H2,10,13). The third-order valence-electron chi connectivity index (χ3n) is 2.24. The number of nitrogen functional groups attached to an aromatic ring is 1. The zero-order chi connectivity index (χ0) is 13.3. The van der Waals surface area contributed by atoms with E-state index in [0.717, 1.165) is 23.5 Å². The Hall–Kier alpha value is -1.61. The van der Waals surface area contributed by atoms with Crippen LogP contribution in [0.4, 0.5) is 10.8 Å². The van der Waals surface area contributed by atoms with Gasteiger partial charge < -0.3 is 11.1 Å².